The van der Waals surface area contributed by atoms with Gasteiger partial charge in [0.05, 0.1) is 21.5 Å². The van der Waals surface area contributed by atoms with E-state index in [9.17, 15) is 14.7 Å². The third kappa shape index (κ3) is 2.37. The Bertz CT molecular complexity index is 873. The molecule has 1 aromatic carbocycles. The molecule has 0 saturated carbocycles. The summed E-state index contributed by atoms with van der Waals surface area (Å²) in [6.45, 7) is 3.54. The highest BCUT2D eigenvalue weighted by Gasteiger charge is 2.37. The Balaban J connectivity index is 2.46. The molecule has 2 amide bonds. The van der Waals surface area contributed by atoms with Crippen molar-refractivity contribution in [2.24, 2.45) is 5.73 Å². The predicted octanol–water partition coefficient (Wildman–Crippen LogP) is 1.94. The van der Waals surface area contributed by atoms with Crippen molar-refractivity contribution in [3.8, 4) is 0 Å². The first kappa shape index (κ1) is 17.1. The van der Waals surface area contributed by atoms with Crippen LogP contribution in [0.4, 0.5) is 0 Å². The first-order chi connectivity index (χ1) is 11.2. The van der Waals surface area contributed by atoms with Crippen LogP contribution in [0, 0.1) is 0 Å². The van der Waals surface area contributed by atoms with Crippen LogP contribution in [0.2, 0.25) is 10.0 Å². The fourth-order valence-corrected chi connectivity index (χ4v) is 3.58. The van der Waals surface area contributed by atoms with Gasteiger partial charge in [0.1, 0.15) is 0 Å². The van der Waals surface area contributed by atoms with Gasteiger partial charge in [0, 0.05) is 29.6 Å². The standard InChI is InChI=1S/C16H17Cl2N3O3/c1-6-10-9(3-4-20-14(6)22)21-13-11(10)7(5-8(17)12(13)18)16(2,24)15(19)23/h5-6,21,24H,3-4H2,1-2H3,(H2,19,23)(H,20,22)/t6-,16?/m1/s1. The van der Waals surface area contributed by atoms with Crippen LogP contribution in [0.5, 0.6) is 0 Å². The van der Waals surface area contributed by atoms with Crippen molar-refractivity contribution in [2.45, 2.75) is 31.8 Å². The highest BCUT2D eigenvalue weighted by molar-refractivity contribution is 6.45. The normalized spacial score (nSPS) is 20.2. The second kappa shape index (κ2) is 5.65. The molecule has 6 nitrogen and oxygen atoms in total. The molecule has 5 N–H and O–H groups in total. The van der Waals surface area contributed by atoms with Crippen molar-refractivity contribution in [3.05, 3.63) is 32.9 Å². The number of aromatic amines is 1. The van der Waals surface area contributed by atoms with Crippen LogP contribution >= 0.6 is 23.2 Å². The molecule has 8 heteroatoms. The molecule has 2 heterocycles. The minimum Gasteiger partial charge on any atom is -0.376 e. The number of nitrogens with two attached hydrogens (primary N) is 1. The summed E-state index contributed by atoms with van der Waals surface area (Å²) in [5.74, 6) is -1.52. The Labute approximate surface area is 148 Å². The van der Waals surface area contributed by atoms with Crippen LogP contribution < -0.4 is 11.1 Å². The quantitative estimate of drug-likeness (QED) is 0.649. The van der Waals surface area contributed by atoms with Crippen LogP contribution in [0.3, 0.4) is 0 Å². The Morgan fingerprint density at radius 2 is 2.12 bits per heavy atom. The average Bonchev–Trinajstić information content (AvgIpc) is 2.82. The number of hydrogen-bond acceptors (Lipinski definition) is 3. The lowest BCUT2D eigenvalue weighted by Gasteiger charge is -2.23. The van der Waals surface area contributed by atoms with Gasteiger partial charge in [-0.05, 0) is 25.5 Å². The molecule has 0 bridgehead atoms. The molecule has 1 unspecified atom stereocenters. The molecule has 24 heavy (non-hydrogen) atoms. The van der Waals surface area contributed by atoms with Gasteiger partial charge in [0.15, 0.2) is 5.60 Å². The van der Waals surface area contributed by atoms with Crippen molar-refractivity contribution in [2.75, 3.05) is 6.54 Å². The molecule has 1 aromatic heterocycles. The van der Waals surface area contributed by atoms with E-state index < -0.39 is 17.4 Å². The van der Waals surface area contributed by atoms with E-state index in [0.29, 0.717) is 29.4 Å². The smallest absolute Gasteiger partial charge is 0.253 e. The number of aromatic nitrogens is 1. The van der Waals surface area contributed by atoms with Gasteiger partial charge < -0.3 is 21.1 Å². The summed E-state index contributed by atoms with van der Waals surface area (Å²) < 4.78 is 0. The molecule has 0 spiro atoms. The number of rotatable bonds is 2. The van der Waals surface area contributed by atoms with E-state index in [-0.39, 0.29) is 21.5 Å². The number of carbonyl (C=O) groups is 2. The molecule has 0 aliphatic carbocycles. The zero-order valence-corrected chi connectivity index (χ0v) is 14.7. The second-order valence-electron chi connectivity index (χ2n) is 6.19. The number of hydrogen-bond donors (Lipinski definition) is 4. The molecule has 128 valence electrons. The molecule has 3 rings (SSSR count). The molecular formula is C16H17Cl2N3O3. The first-order valence-corrected chi connectivity index (χ1v) is 8.24. The topological polar surface area (TPSA) is 108 Å². The van der Waals surface area contributed by atoms with Gasteiger partial charge >= 0.3 is 0 Å². The zero-order valence-electron chi connectivity index (χ0n) is 13.2. The number of benzene rings is 1. The van der Waals surface area contributed by atoms with E-state index in [1.807, 2.05) is 0 Å². The van der Waals surface area contributed by atoms with Crippen molar-refractivity contribution in [3.63, 3.8) is 0 Å². The number of carbonyl (C=O) groups excluding carboxylic acids is 2. The van der Waals surface area contributed by atoms with E-state index in [0.717, 1.165) is 5.69 Å². The SMILES string of the molecule is C[C@H]1C(=O)NCCc2[nH]c3c(Cl)c(Cl)cc(C(C)(O)C(N)=O)c3c21. The van der Waals surface area contributed by atoms with Crippen molar-refractivity contribution in [1.29, 1.82) is 0 Å². The maximum atomic E-state index is 12.2. The summed E-state index contributed by atoms with van der Waals surface area (Å²) in [5, 5.41) is 14.4. The van der Waals surface area contributed by atoms with Gasteiger partial charge in [-0.3, -0.25) is 9.59 Å². The van der Waals surface area contributed by atoms with Crippen molar-refractivity contribution < 1.29 is 14.7 Å². The van der Waals surface area contributed by atoms with Crippen molar-refractivity contribution in [1.82, 2.24) is 10.3 Å². The van der Waals surface area contributed by atoms with Gasteiger partial charge in [-0.1, -0.05) is 23.2 Å². The fraction of sp³-hybridized carbons (Fsp3) is 0.375. The largest absolute Gasteiger partial charge is 0.376 e. The zero-order chi connectivity index (χ0) is 17.8. The Morgan fingerprint density at radius 1 is 1.46 bits per heavy atom. The fourth-order valence-electron chi connectivity index (χ4n) is 3.18. The van der Waals surface area contributed by atoms with E-state index >= 15 is 0 Å². The lowest BCUT2D eigenvalue weighted by molar-refractivity contribution is -0.135. The Morgan fingerprint density at radius 3 is 2.75 bits per heavy atom. The lowest BCUT2D eigenvalue weighted by Crippen LogP contribution is -2.38. The highest BCUT2D eigenvalue weighted by atomic mass is 35.5. The monoisotopic (exact) mass is 369 g/mol. The molecular weight excluding hydrogens is 353 g/mol. The van der Waals surface area contributed by atoms with Crippen LogP contribution in [-0.2, 0) is 21.6 Å². The molecule has 0 saturated heterocycles. The number of primary amides is 1. The number of H-pyrrole nitrogens is 1. The number of aliphatic hydroxyl groups is 1. The van der Waals surface area contributed by atoms with Crippen LogP contribution in [0.15, 0.2) is 6.07 Å². The number of halogens is 2. The third-order valence-electron chi connectivity index (χ3n) is 4.59. The first-order valence-electron chi connectivity index (χ1n) is 7.49. The summed E-state index contributed by atoms with van der Waals surface area (Å²) in [6.07, 6.45) is 0.576. The van der Waals surface area contributed by atoms with Gasteiger partial charge in [0.2, 0.25) is 5.91 Å². The third-order valence-corrected chi connectivity index (χ3v) is 5.38. The van der Waals surface area contributed by atoms with Crippen LogP contribution in [-0.4, -0.2) is 28.4 Å². The Kier molecular flexibility index (Phi) is 4.02. The molecule has 1 aliphatic rings. The number of nitrogens with one attached hydrogen (secondary N) is 2. The van der Waals surface area contributed by atoms with Crippen LogP contribution in [0.1, 0.15) is 36.6 Å². The van der Waals surface area contributed by atoms with Gasteiger partial charge in [-0.15, -0.1) is 0 Å². The van der Waals surface area contributed by atoms with Crippen molar-refractivity contribution >= 4 is 45.9 Å². The Hall–Kier alpha value is -1.76. The number of fused-ring (bicyclic) bond motifs is 3. The molecule has 2 aromatic rings. The average molecular weight is 370 g/mol. The lowest BCUT2D eigenvalue weighted by atomic mass is 9.87. The maximum Gasteiger partial charge on any atom is 0.253 e. The predicted molar refractivity (Wildman–Crippen MR) is 92.2 cm³/mol. The van der Waals surface area contributed by atoms with E-state index in [1.165, 1.54) is 13.0 Å². The molecule has 0 fully saturated rings. The van der Waals surface area contributed by atoms with Gasteiger partial charge in [-0.25, -0.2) is 0 Å². The van der Waals surface area contributed by atoms with E-state index in [4.69, 9.17) is 28.9 Å². The van der Waals surface area contributed by atoms with Gasteiger partial charge in [0.25, 0.3) is 5.91 Å². The molecule has 0 radical (unpaired) electrons. The minimum atomic E-state index is -1.95. The van der Waals surface area contributed by atoms with Crippen LogP contribution in [0.25, 0.3) is 10.9 Å². The summed E-state index contributed by atoms with van der Waals surface area (Å²) in [6, 6.07) is 1.43. The minimum absolute atomic E-state index is 0.134. The molecule has 1 aliphatic heterocycles. The maximum absolute atomic E-state index is 12.2. The summed E-state index contributed by atoms with van der Waals surface area (Å²) in [4.78, 5) is 27.2. The van der Waals surface area contributed by atoms with E-state index in [2.05, 4.69) is 10.3 Å². The van der Waals surface area contributed by atoms with Gasteiger partial charge in [-0.2, -0.15) is 0 Å². The second-order valence-corrected chi connectivity index (χ2v) is 6.97. The molecule has 2 atom stereocenters. The summed E-state index contributed by atoms with van der Waals surface area (Å²) >= 11 is 12.5. The summed E-state index contributed by atoms with van der Waals surface area (Å²) in [5.41, 5.74) is 5.66. The highest BCUT2D eigenvalue weighted by Crippen LogP contribution is 2.43. The van der Waals surface area contributed by atoms with E-state index in [1.54, 1.807) is 6.92 Å². The summed E-state index contributed by atoms with van der Waals surface area (Å²) in [7, 11) is 0. The number of amides is 2.